The van der Waals surface area contributed by atoms with Crippen molar-refractivity contribution in [1.82, 2.24) is 0 Å². The highest BCUT2D eigenvalue weighted by atomic mass is 27.0. The summed E-state index contributed by atoms with van der Waals surface area (Å²) in [5.41, 5.74) is 1.41. The van der Waals surface area contributed by atoms with E-state index in [1.165, 1.54) is 10.0 Å². The van der Waals surface area contributed by atoms with Gasteiger partial charge in [0.1, 0.15) is 0 Å². The third kappa shape index (κ3) is 0.966. The van der Waals surface area contributed by atoms with Gasteiger partial charge in [-0.2, -0.15) is 4.44 Å². The van der Waals surface area contributed by atoms with Gasteiger partial charge in [0.15, 0.2) is 16.3 Å². The second kappa shape index (κ2) is 1.86. The largest absolute Gasteiger partial charge is 0.169 e. The molecule has 0 saturated carbocycles. The minimum absolute atomic E-state index is 1.14. The van der Waals surface area contributed by atoms with Crippen molar-refractivity contribution in [3.63, 3.8) is 0 Å². The Labute approximate surface area is 52.3 Å². The minimum atomic E-state index is 1.14. The Hall–Kier alpha value is 0.0125. The van der Waals surface area contributed by atoms with E-state index in [0.717, 1.165) is 6.42 Å². The average molecular weight is 106 g/mol. The molecule has 0 atom stereocenters. The van der Waals surface area contributed by atoms with Crippen LogP contribution in [0.15, 0.2) is 22.2 Å². The van der Waals surface area contributed by atoms with Crippen LogP contribution in [0.5, 0.6) is 0 Å². The highest BCUT2D eigenvalue weighted by Crippen LogP contribution is 2.13. The zero-order valence-corrected chi connectivity index (χ0v) is 5.59. The van der Waals surface area contributed by atoms with Gasteiger partial charge >= 0.3 is 0 Å². The molecule has 1 aliphatic carbocycles. The maximum absolute atomic E-state index is 2.73. The quantitative estimate of drug-likeness (QED) is 0.409. The Balaban J connectivity index is 2.79. The average Bonchev–Trinajstić information content (AvgIpc) is 1.91. The molecule has 0 unspecified atom stereocenters. The predicted octanol–water partition coefficient (Wildman–Crippen LogP) is 1.39. The van der Waals surface area contributed by atoms with Crippen LogP contribution in [0.2, 0.25) is 0 Å². The van der Waals surface area contributed by atoms with Gasteiger partial charge in [-0.15, -0.1) is 0 Å². The van der Waals surface area contributed by atoms with E-state index in [1.807, 2.05) is 0 Å². The molecule has 0 bridgehead atoms. The summed E-state index contributed by atoms with van der Waals surface area (Å²) in [6.07, 6.45) is 5.47. The summed E-state index contributed by atoms with van der Waals surface area (Å²) in [5.74, 6) is 0. The molecule has 0 aromatic heterocycles. The van der Waals surface area contributed by atoms with Crippen LogP contribution in [0.1, 0.15) is 13.3 Å². The Morgan fingerprint density at radius 2 is 2.43 bits per heavy atom. The fraction of sp³-hybridized carbons (Fsp3) is 0.333. The monoisotopic (exact) mass is 106 g/mol. The fourth-order valence-electron chi connectivity index (χ4n) is 0.631. The molecule has 2 radical (unpaired) electrons. The summed E-state index contributed by atoms with van der Waals surface area (Å²) in [4.78, 5) is 0. The molecular weight excluding hydrogens is 99.0 g/mol. The normalized spacial score (nSPS) is 19.0. The zero-order valence-electron chi connectivity index (χ0n) is 4.44. The molecule has 7 heavy (non-hydrogen) atoms. The molecule has 34 valence electrons. The molecule has 0 aliphatic heterocycles. The first kappa shape index (κ1) is 5.16. The van der Waals surface area contributed by atoms with E-state index in [4.69, 9.17) is 0 Å². The van der Waals surface area contributed by atoms with Gasteiger partial charge in [0.2, 0.25) is 0 Å². The van der Waals surface area contributed by atoms with Crippen molar-refractivity contribution in [2.24, 2.45) is 0 Å². The predicted molar refractivity (Wildman–Crippen MR) is 32.2 cm³/mol. The molecule has 1 heteroatoms. The highest BCUT2D eigenvalue weighted by molar-refractivity contribution is 6.22. The van der Waals surface area contributed by atoms with Crippen LogP contribution in [0.25, 0.3) is 0 Å². The standard InChI is InChI=1S/C6H7.Al/c1-6-4-2-3-5-6;/h2,4H,3H2,1H3;. The van der Waals surface area contributed by atoms with Crippen molar-refractivity contribution in [3.8, 4) is 0 Å². The van der Waals surface area contributed by atoms with Gasteiger partial charge in [-0.3, -0.25) is 0 Å². The molecule has 1 rings (SSSR count). The molecule has 0 aromatic rings. The topological polar surface area (TPSA) is 0 Å². The summed E-state index contributed by atoms with van der Waals surface area (Å²) in [7, 11) is 0. The summed E-state index contributed by atoms with van der Waals surface area (Å²) in [5, 5.41) is 0. The molecule has 0 amide bonds. The maximum Gasteiger partial charge on any atom is 0.169 e. The molecule has 0 saturated heterocycles. The van der Waals surface area contributed by atoms with Crippen molar-refractivity contribution >= 4 is 16.3 Å². The van der Waals surface area contributed by atoms with Crippen LogP contribution in [0.3, 0.4) is 0 Å². The van der Waals surface area contributed by atoms with Crippen LogP contribution < -0.4 is 0 Å². The van der Waals surface area contributed by atoms with Gasteiger partial charge in [-0.1, -0.05) is 17.7 Å². The first-order chi connectivity index (χ1) is 3.30. The highest BCUT2D eigenvalue weighted by Gasteiger charge is 1.94. The first-order valence-electron chi connectivity index (χ1n) is 2.42. The number of hydrogen-bond acceptors (Lipinski definition) is 0. The summed E-state index contributed by atoms with van der Waals surface area (Å²) in [6, 6.07) is 0. The van der Waals surface area contributed by atoms with Crippen molar-refractivity contribution < 1.29 is 0 Å². The SMILES string of the molecule is CC1=[C]([Al])CC=C1. The fourth-order valence-corrected chi connectivity index (χ4v) is 0.863. The van der Waals surface area contributed by atoms with Crippen molar-refractivity contribution in [3.05, 3.63) is 22.2 Å². The number of allylic oxidation sites excluding steroid dienone is 4. The lowest BCUT2D eigenvalue weighted by Crippen LogP contribution is -1.75. The van der Waals surface area contributed by atoms with E-state index in [9.17, 15) is 0 Å². The van der Waals surface area contributed by atoms with E-state index in [0.29, 0.717) is 0 Å². The Morgan fingerprint density at radius 1 is 1.71 bits per heavy atom. The molecule has 0 N–H and O–H groups in total. The van der Waals surface area contributed by atoms with E-state index in [1.54, 1.807) is 0 Å². The molecule has 0 nitrogen and oxygen atoms in total. The maximum atomic E-state index is 2.73. The third-order valence-electron chi connectivity index (χ3n) is 1.21. The lowest BCUT2D eigenvalue weighted by atomic mass is 10.3. The lowest BCUT2D eigenvalue weighted by Gasteiger charge is -1.89. The van der Waals surface area contributed by atoms with Gasteiger partial charge in [0, 0.05) is 0 Å². The Morgan fingerprint density at radius 3 is 2.57 bits per heavy atom. The zero-order chi connectivity index (χ0) is 5.28. The van der Waals surface area contributed by atoms with Gasteiger partial charge in [0.25, 0.3) is 0 Å². The van der Waals surface area contributed by atoms with Gasteiger partial charge in [-0.05, 0) is 13.3 Å². The summed E-state index contributed by atoms with van der Waals surface area (Å²) < 4.78 is 1.43. The van der Waals surface area contributed by atoms with Gasteiger partial charge in [0.05, 0.1) is 0 Å². The molecule has 0 heterocycles. The van der Waals surface area contributed by atoms with Crippen molar-refractivity contribution in [2.75, 3.05) is 0 Å². The second-order valence-electron chi connectivity index (χ2n) is 1.81. The Kier molecular flexibility index (Phi) is 1.37. The summed E-state index contributed by atoms with van der Waals surface area (Å²) >= 11 is 2.73. The third-order valence-corrected chi connectivity index (χ3v) is 1.90. The van der Waals surface area contributed by atoms with Gasteiger partial charge in [-0.25, -0.2) is 0 Å². The summed E-state index contributed by atoms with van der Waals surface area (Å²) in [6.45, 7) is 2.13. The number of hydrogen-bond donors (Lipinski definition) is 0. The smallest absolute Gasteiger partial charge is 0.152 e. The van der Waals surface area contributed by atoms with Crippen LogP contribution in [0, 0.1) is 0 Å². The van der Waals surface area contributed by atoms with Crippen LogP contribution >= 0.6 is 0 Å². The molecule has 0 aromatic carbocycles. The van der Waals surface area contributed by atoms with Crippen LogP contribution in [-0.4, -0.2) is 16.3 Å². The molecule has 0 fully saturated rings. The van der Waals surface area contributed by atoms with E-state index >= 15 is 0 Å². The van der Waals surface area contributed by atoms with Gasteiger partial charge < -0.3 is 0 Å². The molecule has 1 aliphatic rings. The van der Waals surface area contributed by atoms with Crippen molar-refractivity contribution in [2.45, 2.75) is 13.3 Å². The van der Waals surface area contributed by atoms with Crippen LogP contribution in [-0.2, 0) is 0 Å². The second-order valence-corrected chi connectivity index (χ2v) is 2.51. The van der Waals surface area contributed by atoms with Crippen molar-refractivity contribution in [1.29, 1.82) is 0 Å². The Bertz CT molecular complexity index is 131. The molecule has 0 spiro atoms. The van der Waals surface area contributed by atoms with Crippen LogP contribution in [0.4, 0.5) is 0 Å². The van der Waals surface area contributed by atoms with E-state index in [2.05, 4.69) is 35.4 Å². The number of rotatable bonds is 0. The first-order valence-corrected chi connectivity index (χ1v) is 3.00. The van der Waals surface area contributed by atoms with E-state index in [-0.39, 0.29) is 0 Å². The van der Waals surface area contributed by atoms with E-state index < -0.39 is 0 Å². The lowest BCUT2D eigenvalue weighted by molar-refractivity contribution is 1.37. The minimum Gasteiger partial charge on any atom is -0.152 e. The molecular formula is C6H7Al.